The Morgan fingerprint density at radius 1 is 1.04 bits per heavy atom. The smallest absolute Gasteiger partial charge is 0.113 e. The van der Waals surface area contributed by atoms with Gasteiger partial charge in [0.05, 0.1) is 11.7 Å². The number of piperidine rings is 1. The molecule has 0 amide bonds. The van der Waals surface area contributed by atoms with Crippen LogP contribution in [0, 0.1) is 0 Å². The van der Waals surface area contributed by atoms with Crippen LogP contribution in [0.3, 0.4) is 0 Å². The predicted molar refractivity (Wildman–Crippen MR) is 101 cm³/mol. The van der Waals surface area contributed by atoms with E-state index in [0.29, 0.717) is 0 Å². The van der Waals surface area contributed by atoms with Gasteiger partial charge in [0.1, 0.15) is 5.52 Å². The van der Waals surface area contributed by atoms with Crippen molar-refractivity contribution < 1.29 is 0 Å². The van der Waals surface area contributed by atoms with Crippen LogP contribution in [0.2, 0.25) is 0 Å². The highest BCUT2D eigenvalue weighted by molar-refractivity contribution is 5.75. The molecule has 1 fully saturated rings. The van der Waals surface area contributed by atoms with E-state index in [1.54, 1.807) is 0 Å². The van der Waals surface area contributed by atoms with Crippen molar-refractivity contribution in [1.29, 1.82) is 0 Å². The van der Waals surface area contributed by atoms with Crippen molar-refractivity contribution in [2.45, 2.75) is 64.7 Å². The van der Waals surface area contributed by atoms with Crippen molar-refractivity contribution in [3.05, 3.63) is 30.0 Å². The van der Waals surface area contributed by atoms with E-state index >= 15 is 0 Å². The zero-order valence-electron chi connectivity index (χ0n) is 15.0. The zero-order chi connectivity index (χ0) is 16.6. The summed E-state index contributed by atoms with van der Waals surface area (Å²) < 4.78 is 1.96. The third-order valence-corrected chi connectivity index (χ3v) is 4.95. The SMILES string of the molecule is CCCCCCCC(=Cn1nnc2ccccc21)N1CCCCC1. The second-order valence-electron chi connectivity index (χ2n) is 6.86. The molecule has 2 aromatic rings. The minimum atomic E-state index is 0.967. The Balaban J connectivity index is 1.74. The molecular weight excluding hydrogens is 296 g/mol. The summed E-state index contributed by atoms with van der Waals surface area (Å²) in [7, 11) is 0. The van der Waals surface area contributed by atoms with Crippen LogP contribution in [-0.4, -0.2) is 33.0 Å². The molecule has 1 aromatic heterocycles. The first-order valence-electron chi connectivity index (χ1n) is 9.64. The molecule has 4 nitrogen and oxygen atoms in total. The quantitative estimate of drug-likeness (QED) is 0.635. The van der Waals surface area contributed by atoms with Gasteiger partial charge in [-0.3, -0.25) is 0 Å². The monoisotopic (exact) mass is 326 g/mol. The third kappa shape index (κ3) is 4.37. The molecular formula is C20H30N4. The molecule has 4 heteroatoms. The van der Waals surface area contributed by atoms with E-state index in [2.05, 4.69) is 40.5 Å². The van der Waals surface area contributed by atoms with Gasteiger partial charge >= 0.3 is 0 Å². The lowest BCUT2D eigenvalue weighted by molar-refractivity contribution is 0.276. The lowest BCUT2D eigenvalue weighted by Gasteiger charge is -2.31. The summed E-state index contributed by atoms with van der Waals surface area (Å²) in [5.41, 5.74) is 3.49. The highest BCUT2D eigenvalue weighted by Crippen LogP contribution is 2.22. The van der Waals surface area contributed by atoms with Crippen LogP contribution in [0.4, 0.5) is 0 Å². The minimum Gasteiger partial charge on any atom is -0.374 e. The van der Waals surface area contributed by atoms with E-state index in [0.717, 1.165) is 17.5 Å². The molecule has 24 heavy (non-hydrogen) atoms. The van der Waals surface area contributed by atoms with Gasteiger partial charge in [-0.15, -0.1) is 5.10 Å². The summed E-state index contributed by atoms with van der Waals surface area (Å²) in [4.78, 5) is 2.57. The Hall–Kier alpha value is -1.84. The Morgan fingerprint density at radius 2 is 1.83 bits per heavy atom. The topological polar surface area (TPSA) is 34.0 Å². The Bertz CT molecular complexity index is 652. The zero-order valence-corrected chi connectivity index (χ0v) is 15.0. The molecule has 0 bridgehead atoms. The molecule has 2 heterocycles. The maximum atomic E-state index is 4.35. The van der Waals surface area contributed by atoms with E-state index in [9.17, 15) is 0 Å². The van der Waals surface area contributed by atoms with Gasteiger partial charge in [0.25, 0.3) is 0 Å². The predicted octanol–water partition coefficient (Wildman–Crippen LogP) is 5.08. The fraction of sp³-hybridized carbons (Fsp3) is 0.600. The van der Waals surface area contributed by atoms with E-state index < -0.39 is 0 Å². The first kappa shape index (κ1) is 17.0. The van der Waals surface area contributed by atoms with Crippen molar-refractivity contribution in [2.24, 2.45) is 0 Å². The van der Waals surface area contributed by atoms with Crippen molar-refractivity contribution in [3.63, 3.8) is 0 Å². The normalized spacial score (nSPS) is 16.0. The number of hydrogen-bond donors (Lipinski definition) is 0. The number of nitrogens with zero attached hydrogens (tertiary/aromatic N) is 4. The number of hydrogen-bond acceptors (Lipinski definition) is 3. The molecule has 0 atom stereocenters. The molecule has 1 aromatic carbocycles. The number of fused-ring (bicyclic) bond motifs is 1. The van der Waals surface area contributed by atoms with E-state index in [4.69, 9.17) is 0 Å². The number of likely N-dealkylation sites (tertiary alicyclic amines) is 1. The van der Waals surface area contributed by atoms with Gasteiger partial charge in [-0.25, -0.2) is 4.68 Å². The van der Waals surface area contributed by atoms with Crippen LogP contribution < -0.4 is 0 Å². The number of rotatable bonds is 8. The van der Waals surface area contributed by atoms with Gasteiger partial charge in [-0.2, -0.15) is 0 Å². The Labute approximate surface area is 145 Å². The van der Waals surface area contributed by atoms with Gasteiger partial charge in [0, 0.05) is 18.8 Å². The summed E-state index contributed by atoms with van der Waals surface area (Å²) in [5, 5.41) is 8.64. The lowest BCUT2D eigenvalue weighted by atomic mass is 10.1. The fourth-order valence-corrected chi connectivity index (χ4v) is 3.52. The number of para-hydroxylation sites is 1. The first-order valence-corrected chi connectivity index (χ1v) is 9.64. The maximum absolute atomic E-state index is 4.35. The van der Waals surface area contributed by atoms with Crippen molar-refractivity contribution >= 4 is 17.2 Å². The molecule has 0 aliphatic carbocycles. The van der Waals surface area contributed by atoms with Gasteiger partial charge in [-0.05, 0) is 44.2 Å². The maximum Gasteiger partial charge on any atom is 0.113 e. The average molecular weight is 326 g/mol. The minimum absolute atomic E-state index is 0.967. The van der Waals surface area contributed by atoms with Crippen LogP contribution in [0.15, 0.2) is 30.0 Å². The van der Waals surface area contributed by atoms with Gasteiger partial charge in [0.15, 0.2) is 0 Å². The summed E-state index contributed by atoms with van der Waals surface area (Å²) in [6.45, 7) is 4.65. The molecule has 0 N–H and O–H groups in total. The highest BCUT2D eigenvalue weighted by atomic mass is 15.4. The first-order chi connectivity index (χ1) is 11.9. The van der Waals surface area contributed by atoms with Crippen LogP contribution in [0.25, 0.3) is 17.2 Å². The van der Waals surface area contributed by atoms with Crippen LogP contribution in [-0.2, 0) is 0 Å². The lowest BCUT2D eigenvalue weighted by Crippen LogP contribution is -2.29. The van der Waals surface area contributed by atoms with Crippen LogP contribution in [0.1, 0.15) is 64.7 Å². The molecule has 0 spiro atoms. The van der Waals surface area contributed by atoms with E-state index in [-0.39, 0.29) is 0 Å². The van der Waals surface area contributed by atoms with Crippen molar-refractivity contribution in [3.8, 4) is 0 Å². The number of allylic oxidation sites excluding steroid dienone is 1. The molecule has 1 saturated heterocycles. The van der Waals surface area contributed by atoms with E-state index in [1.165, 1.54) is 70.2 Å². The number of benzene rings is 1. The standard InChI is InChI=1S/C20H30N4/c1-2-3-4-5-7-12-18(23-15-10-6-11-16-23)17-24-20-14-9-8-13-19(20)21-22-24/h8-9,13-14,17H,2-7,10-12,15-16H2,1H3. The largest absolute Gasteiger partial charge is 0.374 e. The molecule has 1 aliphatic heterocycles. The molecule has 130 valence electrons. The van der Waals surface area contributed by atoms with E-state index in [1.807, 2.05) is 16.8 Å². The molecule has 0 radical (unpaired) electrons. The second-order valence-corrected chi connectivity index (χ2v) is 6.86. The highest BCUT2D eigenvalue weighted by Gasteiger charge is 2.14. The average Bonchev–Trinajstić information content (AvgIpc) is 3.04. The molecule has 1 aliphatic rings. The van der Waals surface area contributed by atoms with Gasteiger partial charge in [-0.1, -0.05) is 50.0 Å². The van der Waals surface area contributed by atoms with Crippen LogP contribution in [0.5, 0.6) is 0 Å². The van der Waals surface area contributed by atoms with Crippen LogP contribution >= 0.6 is 0 Å². The summed E-state index contributed by atoms with van der Waals surface area (Å²) >= 11 is 0. The summed E-state index contributed by atoms with van der Waals surface area (Å²) in [6.07, 6.45) is 14.0. The molecule has 0 unspecified atom stereocenters. The Kier molecular flexibility index (Phi) is 6.27. The third-order valence-electron chi connectivity index (χ3n) is 4.95. The van der Waals surface area contributed by atoms with Gasteiger partial charge < -0.3 is 4.90 Å². The van der Waals surface area contributed by atoms with Crippen molar-refractivity contribution in [2.75, 3.05) is 13.1 Å². The Morgan fingerprint density at radius 3 is 2.67 bits per heavy atom. The molecule has 0 saturated carbocycles. The van der Waals surface area contributed by atoms with Gasteiger partial charge in [0.2, 0.25) is 0 Å². The summed E-state index contributed by atoms with van der Waals surface area (Å²) in [6, 6.07) is 8.20. The number of aromatic nitrogens is 3. The molecule has 3 rings (SSSR count). The summed E-state index contributed by atoms with van der Waals surface area (Å²) in [5.74, 6) is 0. The number of unbranched alkanes of at least 4 members (excludes halogenated alkanes) is 4. The second kappa shape index (κ2) is 8.86. The fourth-order valence-electron chi connectivity index (χ4n) is 3.52. The van der Waals surface area contributed by atoms with Crippen molar-refractivity contribution in [1.82, 2.24) is 19.9 Å².